The van der Waals surface area contributed by atoms with Gasteiger partial charge in [-0.25, -0.2) is 8.78 Å². The number of hydrogen-bond donors (Lipinski definition) is 2. The Labute approximate surface area is 115 Å². The summed E-state index contributed by atoms with van der Waals surface area (Å²) >= 11 is 1.56. The quantitative estimate of drug-likeness (QED) is 0.759. The normalized spacial score (nSPS) is 12.2. The Morgan fingerprint density at radius 1 is 1.37 bits per heavy atom. The van der Waals surface area contributed by atoms with E-state index in [4.69, 9.17) is 5.11 Å². The van der Waals surface area contributed by atoms with E-state index in [9.17, 15) is 13.6 Å². The summed E-state index contributed by atoms with van der Waals surface area (Å²) in [6.07, 6.45) is 0.265. The first-order chi connectivity index (χ1) is 9.01. The summed E-state index contributed by atoms with van der Waals surface area (Å²) in [5.74, 6) is -0.144. The second-order valence-electron chi connectivity index (χ2n) is 4.32. The number of thioether (sulfide) groups is 1. The minimum absolute atomic E-state index is 0.122. The molecule has 0 heterocycles. The van der Waals surface area contributed by atoms with Gasteiger partial charge < -0.3 is 10.4 Å². The maximum atomic E-state index is 12.9. The molecule has 0 saturated heterocycles. The van der Waals surface area contributed by atoms with Crippen molar-refractivity contribution in [1.82, 2.24) is 0 Å². The number of nitrogens with one attached hydrogen (secondary N) is 1. The van der Waals surface area contributed by atoms with Crippen molar-refractivity contribution in [3.05, 3.63) is 29.8 Å². The zero-order valence-corrected chi connectivity index (χ0v) is 11.5. The fourth-order valence-corrected chi connectivity index (χ4v) is 2.36. The molecule has 0 aliphatic rings. The number of carbonyl (C=O) groups excluding carboxylic acids is 1. The van der Waals surface area contributed by atoms with Gasteiger partial charge in [-0.05, 0) is 23.8 Å². The third-order valence-corrected chi connectivity index (χ3v) is 3.63. The van der Waals surface area contributed by atoms with Gasteiger partial charge in [-0.1, -0.05) is 6.92 Å². The molecule has 106 valence electrons. The zero-order chi connectivity index (χ0) is 14.3. The second kappa shape index (κ2) is 8.12. The standard InChI is InChI=1S/C13H17F2NO2S/c1-9(7-17)8-19-3-2-13(18)16-12-5-10(14)4-11(15)6-12/h4-6,9,17H,2-3,7-8H2,1H3,(H,16,18). The Balaban J connectivity index is 2.31. The molecule has 1 amide bonds. The summed E-state index contributed by atoms with van der Waals surface area (Å²) in [5.41, 5.74) is 0.122. The van der Waals surface area contributed by atoms with Crippen LogP contribution in [0.5, 0.6) is 0 Å². The molecule has 0 saturated carbocycles. The number of rotatable bonds is 7. The van der Waals surface area contributed by atoms with Gasteiger partial charge in [0.15, 0.2) is 0 Å². The Morgan fingerprint density at radius 3 is 2.58 bits per heavy atom. The first-order valence-electron chi connectivity index (χ1n) is 5.96. The van der Waals surface area contributed by atoms with E-state index >= 15 is 0 Å². The van der Waals surface area contributed by atoms with Crippen LogP contribution in [0.3, 0.4) is 0 Å². The highest BCUT2D eigenvalue weighted by molar-refractivity contribution is 7.99. The van der Waals surface area contributed by atoms with Gasteiger partial charge in [0.1, 0.15) is 11.6 Å². The van der Waals surface area contributed by atoms with E-state index in [0.717, 1.165) is 24.0 Å². The number of aliphatic hydroxyl groups excluding tert-OH is 1. The average molecular weight is 289 g/mol. The Bertz CT molecular complexity index is 409. The lowest BCUT2D eigenvalue weighted by Gasteiger charge is -2.08. The molecule has 0 fully saturated rings. The van der Waals surface area contributed by atoms with E-state index in [2.05, 4.69) is 5.32 Å². The molecule has 1 unspecified atom stereocenters. The van der Waals surface area contributed by atoms with E-state index in [-0.39, 0.29) is 30.5 Å². The Morgan fingerprint density at radius 2 is 2.00 bits per heavy atom. The molecule has 0 aliphatic heterocycles. The minimum atomic E-state index is -0.721. The molecule has 1 rings (SSSR count). The largest absolute Gasteiger partial charge is 0.396 e. The van der Waals surface area contributed by atoms with Crippen molar-refractivity contribution in [1.29, 1.82) is 0 Å². The molecule has 0 aliphatic carbocycles. The predicted molar refractivity (Wildman–Crippen MR) is 73.2 cm³/mol. The molecule has 19 heavy (non-hydrogen) atoms. The van der Waals surface area contributed by atoms with Crippen LogP contribution in [0.4, 0.5) is 14.5 Å². The molecule has 0 aromatic heterocycles. The Kier molecular flexibility index (Phi) is 6.80. The Hall–Kier alpha value is -1.14. The fourth-order valence-electron chi connectivity index (χ4n) is 1.35. The van der Waals surface area contributed by atoms with Crippen molar-refractivity contribution < 1.29 is 18.7 Å². The molecule has 6 heteroatoms. The van der Waals surface area contributed by atoms with Crippen LogP contribution in [0.15, 0.2) is 18.2 Å². The lowest BCUT2D eigenvalue weighted by Crippen LogP contribution is -2.13. The van der Waals surface area contributed by atoms with E-state index in [1.807, 2.05) is 6.92 Å². The lowest BCUT2D eigenvalue weighted by atomic mass is 10.2. The summed E-state index contributed by atoms with van der Waals surface area (Å²) in [5, 5.41) is 11.3. The second-order valence-corrected chi connectivity index (χ2v) is 5.47. The molecule has 2 N–H and O–H groups in total. The van der Waals surface area contributed by atoms with E-state index in [1.165, 1.54) is 0 Å². The minimum Gasteiger partial charge on any atom is -0.396 e. The summed E-state index contributed by atoms with van der Waals surface area (Å²) in [6, 6.07) is 2.89. The number of hydrogen-bond acceptors (Lipinski definition) is 3. The van der Waals surface area contributed by atoms with E-state index in [1.54, 1.807) is 11.8 Å². The van der Waals surface area contributed by atoms with Crippen LogP contribution in [0.1, 0.15) is 13.3 Å². The fraction of sp³-hybridized carbons (Fsp3) is 0.462. The number of carbonyl (C=O) groups is 1. The zero-order valence-electron chi connectivity index (χ0n) is 10.7. The van der Waals surface area contributed by atoms with Crippen molar-refractivity contribution in [3.8, 4) is 0 Å². The average Bonchev–Trinajstić information content (AvgIpc) is 2.33. The van der Waals surface area contributed by atoms with E-state index in [0.29, 0.717) is 5.75 Å². The molecule has 1 aromatic carbocycles. The highest BCUT2D eigenvalue weighted by Crippen LogP contribution is 2.14. The highest BCUT2D eigenvalue weighted by atomic mass is 32.2. The molecule has 0 bridgehead atoms. The monoisotopic (exact) mass is 289 g/mol. The molecule has 3 nitrogen and oxygen atoms in total. The topological polar surface area (TPSA) is 49.3 Å². The van der Waals surface area contributed by atoms with Gasteiger partial charge in [-0.15, -0.1) is 0 Å². The third-order valence-electron chi connectivity index (χ3n) is 2.33. The van der Waals surface area contributed by atoms with Gasteiger partial charge in [-0.3, -0.25) is 4.79 Å². The summed E-state index contributed by atoms with van der Waals surface area (Å²) < 4.78 is 25.8. The first-order valence-corrected chi connectivity index (χ1v) is 7.11. The lowest BCUT2D eigenvalue weighted by molar-refractivity contribution is -0.115. The predicted octanol–water partition coefficient (Wildman–Crippen LogP) is 2.66. The maximum absolute atomic E-state index is 12.9. The van der Waals surface area contributed by atoms with Crippen LogP contribution >= 0.6 is 11.8 Å². The molecule has 0 radical (unpaired) electrons. The van der Waals surface area contributed by atoms with Gasteiger partial charge in [-0.2, -0.15) is 11.8 Å². The van der Waals surface area contributed by atoms with Crippen LogP contribution in [-0.4, -0.2) is 29.1 Å². The van der Waals surface area contributed by atoms with Gasteiger partial charge in [0, 0.05) is 30.5 Å². The smallest absolute Gasteiger partial charge is 0.225 e. The van der Waals surface area contributed by atoms with Gasteiger partial charge in [0.05, 0.1) is 0 Å². The van der Waals surface area contributed by atoms with Gasteiger partial charge in [0.2, 0.25) is 5.91 Å². The third kappa shape index (κ3) is 6.54. The van der Waals surface area contributed by atoms with Gasteiger partial charge >= 0.3 is 0 Å². The van der Waals surface area contributed by atoms with Gasteiger partial charge in [0.25, 0.3) is 0 Å². The summed E-state index contributed by atoms with van der Waals surface area (Å²) in [6.45, 7) is 2.05. The summed E-state index contributed by atoms with van der Waals surface area (Å²) in [7, 11) is 0. The van der Waals surface area contributed by atoms with Crippen LogP contribution in [-0.2, 0) is 4.79 Å². The summed E-state index contributed by atoms with van der Waals surface area (Å²) in [4.78, 5) is 11.5. The molecular formula is C13H17F2NO2S. The van der Waals surface area contributed by atoms with Crippen molar-refractivity contribution in [2.24, 2.45) is 5.92 Å². The van der Waals surface area contributed by atoms with Crippen molar-refractivity contribution >= 4 is 23.4 Å². The van der Waals surface area contributed by atoms with E-state index < -0.39 is 11.6 Å². The number of halogens is 2. The van der Waals surface area contributed by atoms with Crippen molar-refractivity contribution in [2.45, 2.75) is 13.3 Å². The van der Waals surface area contributed by atoms with Crippen molar-refractivity contribution in [2.75, 3.05) is 23.4 Å². The first kappa shape index (κ1) is 15.9. The molecular weight excluding hydrogens is 272 g/mol. The number of amides is 1. The molecule has 1 atom stereocenters. The van der Waals surface area contributed by atoms with Crippen LogP contribution < -0.4 is 5.32 Å². The SMILES string of the molecule is CC(CO)CSCCC(=O)Nc1cc(F)cc(F)c1. The molecule has 1 aromatic rings. The van der Waals surface area contributed by atoms with Crippen LogP contribution in [0, 0.1) is 17.6 Å². The van der Waals surface area contributed by atoms with Crippen LogP contribution in [0.2, 0.25) is 0 Å². The highest BCUT2D eigenvalue weighted by Gasteiger charge is 2.06. The number of benzene rings is 1. The van der Waals surface area contributed by atoms with Crippen molar-refractivity contribution in [3.63, 3.8) is 0 Å². The maximum Gasteiger partial charge on any atom is 0.225 e. The number of aliphatic hydroxyl groups is 1. The van der Waals surface area contributed by atoms with Crippen LogP contribution in [0.25, 0.3) is 0 Å². The molecule has 0 spiro atoms. The number of anilines is 1.